The minimum atomic E-state index is 0.0395. The third-order valence-corrected chi connectivity index (χ3v) is 4.77. The van der Waals surface area contributed by atoms with Crippen molar-refractivity contribution in [1.82, 2.24) is 5.32 Å². The molecule has 24 heavy (non-hydrogen) atoms. The standard InChI is InChI=1S/C21H26N2O/c1-15(22)18-9-6-16(7-10-18)14-23-21(24)13-17-8-11-19-4-2-3-5-20(19)12-17/h6-12,15H,2-5,13-14,22H2,1H3,(H,23,24)/t15-/m0/s1. The second-order valence-corrected chi connectivity index (χ2v) is 6.79. The molecule has 1 atom stereocenters. The van der Waals surface area contributed by atoms with Gasteiger partial charge in [-0.15, -0.1) is 0 Å². The molecule has 3 rings (SSSR count). The van der Waals surface area contributed by atoms with Crippen LogP contribution in [0.5, 0.6) is 0 Å². The van der Waals surface area contributed by atoms with Crippen LogP contribution in [0.2, 0.25) is 0 Å². The molecule has 1 aliphatic carbocycles. The minimum Gasteiger partial charge on any atom is -0.352 e. The summed E-state index contributed by atoms with van der Waals surface area (Å²) in [6.07, 6.45) is 5.33. The van der Waals surface area contributed by atoms with Crippen LogP contribution in [-0.4, -0.2) is 5.91 Å². The summed E-state index contributed by atoms with van der Waals surface area (Å²) < 4.78 is 0. The SMILES string of the molecule is C[C@H](N)c1ccc(CNC(=O)Cc2ccc3c(c2)CCCC3)cc1. The monoisotopic (exact) mass is 322 g/mol. The van der Waals surface area contributed by atoms with E-state index in [2.05, 4.69) is 23.5 Å². The quantitative estimate of drug-likeness (QED) is 0.886. The molecular formula is C21H26N2O. The first-order chi connectivity index (χ1) is 11.6. The number of hydrogen-bond donors (Lipinski definition) is 2. The zero-order chi connectivity index (χ0) is 16.9. The topological polar surface area (TPSA) is 55.1 Å². The molecule has 0 aromatic heterocycles. The molecule has 0 spiro atoms. The van der Waals surface area contributed by atoms with Crippen molar-refractivity contribution in [2.24, 2.45) is 5.73 Å². The van der Waals surface area contributed by atoms with Gasteiger partial charge in [0.2, 0.25) is 5.91 Å². The summed E-state index contributed by atoms with van der Waals surface area (Å²) in [5, 5.41) is 3.01. The number of carbonyl (C=O) groups is 1. The number of carbonyl (C=O) groups excluding carboxylic acids is 1. The number of benzene rings is 2. The Hall–Kier alpha value is -2.13. The van der Waals surface area contributed by atoms with Gasteiger partial charge in [-0.3, -0.25) is 4.79 Å². The highest BCUT2D eigenvalue weighted by molar-refractivity contribution is 5.78. The maximum atomic E-state index is 12.2. The van der Waals surface area contributed by atoms with E-state index in [9.17, 15) is 4.79 Å². The van der Waals surface area contributed by atoms with Gasteiger partial charge < -0.3 is 11.1 Å². The Labute approximate surface area is 144 Å². The largest absolute Gasteiger partial charge is 0.352 e. The summed E-state index contributed by atoms with van der Waals surface area (Å²) in [6.45, 7) is 2.53. The highest BCUT2D eigenvalue weighted by Crippen LogP contribution is 2.22. The first-order valence-electron chi connectivity index (χ1n) is 8.83. The average molecular weight is 322 g/mol. The molecule has 0 bridgehead atoms. The van der Waals surface area contributed by atoms with Crippen LogP contribution in [-0.2, 0) is 30.6 Å². The van der Waals surface area contributed by atoms with Crippen LogP contribution in [0.4, 0.5) is 0 Å². The van der Waals surface area contributed by atoms with Crippen molar-refractivity contribution in [3.05, 3.63) is 70.3 Å². The molecule has 0 saturated heterocycles. The Balaban J connectivity index is 1.54. The van der Waals surface area contributed by atoms with Crippen molar-refractivity contribution in [3.63, 3.8) is 0 Å². The number of rotatable bonds is 5. The fraction of sp³-hybridized carbons (Fsp3) is 0.381. The van der Waals surface area contributed by atoms with Crippen LogP contribution >= 0.6 is 0 Å². The molecule has 1 aliphatic rings. The lowest BCUT2D eigenvalue weighted by atomic mass is 9.90. The summed E-state index contributed by atoms with van der Waals surface area (Å²) in [7, 11) is 0. The van der Waals surface area contributed by atoms with Gasteiger partial charge >= 0.3 is 0 Å². The number of hydrogen-bond acceptors (Lipinski definition) is 2. The van der Waals surface area contributed by atoms with Crippen LogP contribution in [0.25, 0.3) is 0 Å². The Morgan fingerprint density at radius 3 is 2.42 bits per heavy atom. The molecule has 3 nitrogen and oxygen atoms in total. The number of amides is 1. The lowest BCUT2D eigenvalue weighted by Crippen LogP contribution is -2.24. The summed E-state index contributed by atoms with van der Waals surface area (Å²) in [5.41, 5.74) is 12.1. The fourth-order valence-electron chi connectivity index (χ4n) is 3.28. The molecule has 0 unspecified atom stereocenters. The van der Waals surface area contributed by atoms with Gasteiger partial charge in [0.05, 0.1) is 6.42 Å². The summed E-state index contributed by atoms with van der Waals surface area (Å²) in [6, 6.07) is 14.6. The number of fused-ring (bicyclic) bond motifs is 1. The number of nitrogens with two attached hydrogens (primary N) is 1. The van der Waals surface area contributed by atoms with Gasteiger partial charge in [0.15, 0.2) is 0 Å². The smallest absolute Gasteiger partial charge is 0.224 e. The molecule has 2 aromatic carbocycles. The Morgan fingerprint density at radius 2 is 1.71 bits per heavy atom. The second kappa shape index (κ2) is 7.63. The van der Waals surface area contributed by atoms with Crippen LogP contribution < -0.4 is 11.1 Å². The van der Waals surface area contributed by atoms with E-state index in [0.717, 1.165) is 23.1 Å². The molecule has 0 fully saturated rings. The maximum Gasteiger partial charge on any atom is 0.224 e. The second-order valence-electron chi connectivity index (χ2n) is 6.79. The van der Waals surface area contributed by atoms with Crippen molar-refractivity contribution in [3.8, 4) is 0 Å². The molecular weight excluding hydrogens is 296 g/mol. The number of nitrogens with one attached hydrogen (secondary N) is 1. The predicted octanol–water partition coefficient (Wildman–Crippen LogP) is 3.44. The van der Waals surface area contributed by atoms with E-state index in [-0.39, 0.29) is 11.9 Å². The molecule has 2 aromatic rings. The van der Waals surface area contributed by atoms with Gasteiger partial charge in [-0.25, -0.2) is 0 Å². The maximum absolute atomic E-state index is 12.2. The van der Waals surface area contributed by atoms with Gasteiger partial charge in [-0.1, -0.05) is 42.5 Å². The average Bonchev–Trinajstić information content (AvgIpc) is 2.60. The van der Waals surface area contributed by atoms with E-state index in [1.54, 1.807) is 0 Å². The molecule has 0 heterocycles. The van der Waals surface area contributed by atoms with E-state index in [0.29, 0.717) is 13.0 Å². The minimum absolute atomic E-state index is 0.0395. The Kier molecular flexibility index (Phi) is 5.31. The summed E-state index contributed by atoms with van der Waals surface area (Å²) >= 11 is 0. The molecule has 3 N–H and O–H groups in total. The van der Waals surface area contributed by atoms with Crippen molar-refractivity contribution >= 4 is 5.91 Å². The molecule has 1 amide bonds. The van der Waals surface area contributed by atoms with Gasteiger partial charge in [-0.2, -0.15) is 0 Å². The molecule has 3 heteroatoms. The first kappa shape index (κ1) is 16.7. The van der Waals surface area contributed by atoms with Gasteiger partial charge in [-0.05, 0) is 60.4 Å². The van der Waals surface area contributed by atoms with E-state index in [1.165, 1.54) is 30.4 Å². The lowest BCUT2D eigenvalue weighted by Gasteiger charge is -2.16. The van der Waals surface area contributed by atoms with Gasteiger partial charge in [0, 0.05) is 12.6 Å². The highest BCUT2D eigenvalue weighted by atomic mass is 16.1. The predicted molar refractivity (Wildman–Crippen MR) is 97.7 cm³/mol. The third kappa shape index (κ3) is 4.24. The zero-order valence-corrected chi connectivity index (χ0v) is 14.3. The van der Waals surface area contributed by atoms with Crippen LogP contribution in [0.3, 0.4) is 0 Å². The van der Waals surface area contributed by atoms with E-state index >= 15 is 0 Å². The fourth-order valence-corrected chi connectivity index (χ4v) is 3.28. The van der Waals surface area contributed by atoms with Crippen molar-refractivity contribution in [1.29, 1.82) is 0 Å². The summed E-state index contributed by atoms with van der Waals surface area (Å²) in [4.78, 5) is 12.2. The van der Waals surface area contributed by atoms with E-state index < -0.39 is 0 Å². The van der Waals surface area contributed by atoms with Gasteiger partial charge in [0.1, 0.15) is 0 Å². The molecule has 126 valence electrons. The Morgan fingerprint density at radius 1 is 1.04 bits per heavy atom. The normalized spacial score (nSPS) is 14.8. The third-order valence-electron chi connectivity index (χ3n) is 4.77. The van der Waals surface area contributed by atoms with Crippen LogP contribution in [0, 0.1) is 0 Å². The number of aryl methyl sites for hydroxylation is 2. The summed E-state index contributed by atoms with van der Waals surface area (Å²) in [5.74, 6) is 0.0713. The van der Waals surface area contributed by atoms with Crippen molar-refractivity contribution < 1.29 is 4.79 Å². The van der Waals surface area contributed by atoms with Gasteiger partial charge in [0.25, 0.3) is 0 Å². The first-order valence-corrected chi connectivity index (χ1v) is 8.83. The zero-order valence-electron chi connectivity index (χ0n) is 14.3. The molecule has 0 aliphatic heterocycles. The van der Waals surface area contributed by atoms with E-state index in [4.69, 9.17) is 5.73 Å². The lowest BCUT2D eigenvalue weighted by molar-refractivity contribution is -0.120. The highest BCUT2D eigenvalue weighted by Gasteiger charge is 2.11. The Bertz CT molecular complexity index is 704. The van der Waals surface area contributed by atoms with Crippen LogP contribution in [0.15, 0.2) is 42.5 Å². The van der Waals surface area contributed by atoms with Crippen molar-refractivity contribution in [2.75, 3.05) is 0 Å². The van der Waals surface area contributed by atoms with Crippen molar-refractivity contribution in [2.45, 2.75) is 51.6 Å². The molecule has 0 radical (unpaired) electrons. The van der Waals surface area contributed by atoms with Crippen LogP contribution in [0.1, 0.15) is 53.6 Å². The van der Waals surface area contributed by atoms with E-state index in [1.807, 2.05) is 31.2 Å². The molecule has 0 saturated carbocycles.